The van der Waals surface area contributed by atoms with Crippen molar-refractivity contribution in [2.75, 3.05) is 5.75 Å². The molecule has 3 heteroatoms. The maximum Gasteiger partial charge on any atom is 0.0947 e. The van der Waals surface area contributed by atoms with E-state index >= 15 is 0 Å². The molecule has 0 N–H and O–H groups in total. The van der Waals surface area contributed by atoms with Crippen LogP contribution >= 0.6 is 11.8 Å². The zero-order valence-electron chi connectivity index (χ0n) is 6.37. The minimum Gasteiger partial charge on any atom is -0.340 e. The van der Waals surface area contributed by atoms with Crippen molar-refractivity contribution in [2.24, 2.45) is 7.05 Å². The summed E-state index contributed by atoms with van der Waals surface area (Å²) in [4.78, 5) is 4.20. The number of aryl methyl sites for hydroxylation is 1. The molecule has 0 aliphatic rings. The third-order valence-corrected chi connectivity index (χ3v) is 2.12. The second-order valence-corrected chi connectivity index (χ2v) is 3.44. The summed E-state index contributed by atoms with van der Waals surface area (Å²) < 4.78 is 1.98. The molecule has 1 aromatic heterocycles. The predicted molar refractivity (Wildman–Crippen MR) is 45.0 cm³/mol. The number of aromatic nitrogens is 2. The molecule has 0 fully saturated rings. The molecule has 1 heterocycles. The van der Waals surface area contributed by atoms with Crippen LogP contribution in [0.2, 0.25) is 0 Å². The topological polar surface area (TPSA) is 17.8 Å². The first-order valence-electron chi connectivity index (χ1n) is 3.37. The first-order valence-corrected chi connectivity index (χ1v) is 4.53. The van der Waals surface area contributed by atoms with Crippen LogP contribution in [0.4, 0.5) is 0 Å². The molecule has 0 radical (unpaired) electrons. The Morgan fingerprint density at radius 3 is 3.00 bits per heavy atom. The average Bonchev–Trinajstić information content (AvgIpc) is 2.31. The van der Waals surface area contributed by atoms with Crippen LogP contribution in [0, 0.1) is 0 Å². The van der Waals surface area contributed by atoms with Gasteiger partial charge >= 0.3 is 0 Å². The lowest BCUT2D eigenvalue weighted by Crippen LogP contribution is -1.80. The van der Waals surface area contributed by atoms with Crippen molar-refractivity contribution < 1.29 is 0 Å². The lowest BCUT2D eigenvalue weighted by molar-refractivity contribution is 0.913. The molecule has 10 heavy (non-hydrogen) atoms. The van der Waals surface area contributed by atoms with Crippen LogP contribution < -0.4 is 0 Å². The number of imidazole rings is 1. The van der Waals surface area contributed by atoms with Gasteiger partial charge in [-0.05, 0) is 5.75 Å². The van der Waals surface area contributed by atoms with Crippen LogP contribution in [0.5, 0.6) is 0 Å². The van der Waals surface area contributed by atoms with Gasteiger partial charge in [-0.15, -0.1) is 0 Å². The Labute approximate surface area is 65.7 Å². The van der Waals surface area contributed by atoms with Crippen LogP contribution in [0.25, 0.3) is 0 Å². The molecule has 0 saturated carbocycles. The van der Waals surface area contributed by atoms with E-state index in [4.69, 9.17) is 0 Å². The molecular formula is C7H12N2S. The van der Waals surface area contributed by atoms with Gasteiger partial charge in [0.15, 0.2) is 0 Å². The molecule has 0 aliphatic carbocycles. The molecule has 0 saturated heterocycles. The van der Waals surface area contributed by atoms with Crippen molar-refractivity contribution in [2.45, 2.75) is 12.7 Å². The predicted octanol–water partition coefficient (Wildman–Crippen LogP) is 1.67. The Hall–Kier alpha value is -0.440. The van der Waals surface area contributed by atoms with Gasteiger partial charge < -0.3 is 4.57 Å². The van der Waals surface area contributed by atoms with Crippen LogP contribution in [0.3, 0.4) is 0 Å². The van der Waals surface area contributed by atoms with Gasteiger partial charge in [0.1, 0.15) is 0 Å². The fourth-order valence-electron chi connectivity index (χ4n) is 0.748. The summed E-state index contributed by atoms with van der Waals surface area (Å²) in [5.41, 5.74) is 1.18. The van der Waals surface area contributed by atoms with E-state index in [1.165, 1.54) is 5.69 Å². The lowest BCUT2D eigenvalue weighted by atomic mass is 10.6. The summed E-state index contributed by atoms with van der Waals surface area (Å²) in [6.07, 6.45) is 3.90. The van der Waals surface area contributed by atoms with Crippen LogP contribution in [0.1, 0.15) is 12.6 Å². The van der Waals surface area contributed by atoms with Gasteiger partial charge in [-0.1, -0.05) is 6.92 Å². The smallest absolute Gasteiger partial charge is 0.0947 e. The van der Waals surface area contributed by atoms with E-state index in [1.807, 2.05) is 29.7 Å². The van der Waals surface area contributed by atoms with Crippen molar-refractivity contribution in [3.05, 3.63) is 18.2 Å². The van der Waals surface area contributed by atoms with E-state index in [-0.39, 0.29) is 0 Å². The molecule has 0 unspecified atom stereocenters. The molecule has 0 aliphatic heterocycles. The monoisotopic (exact) mass is 156 g/mol. The number of nitrogens with zero attached hydrogens (tertiary/aromatic N) is 2. The van der Waals surface area contributed by atoms with E-state index in [2.05, 4.69) is 18.1 Å². The third kappa shape index (κ3) is 2.06. The lowest BCUT2D eigenvalue weighted by Gasteiger charge is -1.90. The number of hydrogen-bond donors (Lipinski definition) is 0. The van der Waals surface area contributed by atoms with Gasteiger partial charge in [-0.2, -0.15) is 11.8 Å². The maximum atomic E-state index is 4.20. The minimum atomic E-state index is 1.04. The summed E-state index contributed by atoms with van der Waals surface area (Å²) in [6.45, 7) is 2.16. The summed E-state index contributed by atoms with van der Waals surface area (Å²) in [5, 5.41) is 0. The number of thioether (sulfide) groups is 1. The standard InChI is InChI=1S/C7H12N2S/c1-3-10-5-7-4-9(2)6-8-7/h4,6H,3,5H2,1-2H3. The first kappa shape index (κ1) is 7.66. The highest BCUT2D eigenvalue weighted by molar-refractivity contribution is 7.98. The Morgan fingerprint density at radius 1 is 1.70 bits per heavy atom. The molecule has 0 aromatic carbocycles. The first-order chi connectivity index (χ1) is 4.83. The Morgan fingerprint density at radius 2 is 2.50 bits per heavy atom. The molecule has 56 valence electrons. The quantitative estimate of drug-likeness (QED) is 0.662. The minimum absolute atomic E-state index is 1.04. The second kappa shape index (κ2) is 3.66. The van der Waals surface area contributed by atoms with Crippen LogP contribution in [0.15, 0.2) is 12.5 Å². The van der Waals surface area contributed by atoms with Gasteiger partial charge in [0, 0.05) is 19.0 Å². The van der Waals surface area contributed by atoms with Gasteiger partial charge in [-0.25, -0.2) is 4.98 Å². The summed E-state index contributed by atoms with van der Waals surface area (Å²) in [6, 6.07) is 0. The summed E-state index contributed by atoms with van der Waals surface area (Å²) in [7, 11) is 1.99. The molecule has 1 aromatic rings. The highest BCUT2D eigenvalue weighted by Gasteiger charge is 1.93. The van der Waals surface area contributed by atoms with E-state index < -0.39 is 0 Å². The van der Waals surface area contributed by atoms with Gasteiger partial charge in [-0.3, -0.25) is 0 Å². The molecular weight excluding hydrogens is 144 g/mol. The average molecular weight is 156 g/mol. The van der Waals surface area contributed by atoms with E-state index in [0.717, 1.165) is 11.5 Å². The fraction of sp³-hybridized carbons (Fsp3) is 0.571. The van der Waals surface area contributed by atoms with Crippen LogP contribution in [-0.2, 0) is 12.8 Å². The molecule has 0 amide bonds. The maximum absolute atomic E-state index is 4.20. The second-order valence-electron chi connectivity index (χ2n) is 2.17. The van der Waals surface area contributed by atoms with Crippen molar-refractivity contribution in [1.82, 2.24) is 9.55 Å². The van der Waals surface area contributed by atoms with Crippen molar-refractivity contribution in [3.8, 4) is 0 Å². The van der Waals surface area contributed by atoms with Gasteiger partial charge in [0.05, 0.1) is 12.0 Å². The Bertz CT molecular complexity index is 195. The zero-order chi connectivity index (χ0) is 7.40. The molecule has 0 bridgehead atoms. The van der Waals surface area contributed by atoms with Crippen LogP contribution in [-0.4, -0.2) is 15.3 Å². The van der Waals surface area contributed by atoms with E-state index in [9.17, 15) is 0 Å². The van der Waals surface area contributed by atoms with Crippen molar-refractivity contribution in [1.29, 1.82) is 0 Å². The number of rotatable bonds is 3. The van der Waals surface area contributed by atoms with Crippen molar-refractivity contribution in [3.63, 3.8) is 0 Å². The SMILES string of the molecule is CCSCc1cn(C)cn1. The summed E-state index contributed by atoms with van der Waals surface area (Å²) in [5.74, 6) is 2.20. The molecule has 1 rings (SSSR count). The van der Waals surface area contributed by atoms with Crippen molar-refractivity contribution >= 4 is 11.8 Å². The molecule has 0 atom stereocenters. The Kier molecular flexibility index (Phi) is 2.81. The third-order valence-electron chi connectivity index (χ3n) is 1.21. The normalized spacial score (nSPS) is 10.2. The van der Waals surface area contributed by atoms with Gasteiger partial charge in [0.2, 0.25) is 0 Å². The Balaban J connectivity index is 2.42. The van der Waals surface area contributed by atoms with Gasteiger partial charge in [0.25, 0.3) is 0 Å². The fourth-order valence-corrected chi connectivity index (χ4v) is 1.31. The van der Waals surface area contributed by atoms with E-state index in [1.54, 1.807) is 0 Å². The highest BCUT2D eigenvalue weighted by Crippen LogP contribution is 2.07. The summed E-state index contributed by atoms with van der Waals surface area (Å²) >= 11 is 1.90. The highest BCUT2D eigenvalue weighted by atomic mass is 32.2. The molecule has 0 spiro atoms. The van der Waals surface area contributed by atoms with E-state index in [0.29, 0.717) is 0 Å². The largest absolute Gasteiger partial charge is 0.340 e. The zero-order valence-corrected chi connectivity index (χ0v) is 7.19. The number of hydrogen-bond acceptors (Lipinski definition) is 2. The molecule has 2 nitrogen and oxygen atoms in total.